The van der Waals surface area contributed by atoms with Gasteiger partial charge in [-0.2, -0.15) is 4.31 Å². The van der Waals surface area contributed by atoms with Gasteiger partial charge in [-0.25, -0.2) is 17.6 Å². The van der Waals surface area contributed by atoms with Crippen molar-refractivity contribution in [1.82, 2.24) is 4.31 Å². The van der Waals surface area contributed by atoms with Crippen LogP contribution in [0.15, 0.2) is 53.4 Å². The molecule has 1 amide bonds. The summed E-state index contributed by atoms with van der Waals surface area (Å²) in [4.78, 5) is 24.8. The summed E-state index contributed by atoms with van der Waals surface area (Å²) in [7, 11) is -2.75. The molecule has 2 aromatic rings. The van der Waals surface area contributed by atoms with E-state index in [1.165, 1.54) is 25.3 Å². The zero-order chi connectivity index (χ0) is 21.0. The lowest BCUT2D eigenvalue weighted by Gasteiger charge is -2.33. The van der Waals surface area contributed by atoms with Crippen molar-refractivity contribution in [3.8, 4) is 0 Å². The minimum atomic E-state index is -3.98. The number of nitrogens with one attached hydrogen (secondary N) is 1. The monoisotopic (exact) mass is 420 g/mol. The maximum atomic E-state index is 13.2. The number of hydrogen-bond acceptors (Lipinski definition) is 5. The summed E-state index contributed by atoms with van der Waals surface area (Å²) in [5.74, 6) is -1.69. The Hall–Kier alpha value is -2.78. The summed E-state index contributed by atoms with van der Waals surface area (Å²) in [5.41, 5.74) is 0.418. The van der Waals surface area contributed by atoms with Crippen LogP contribution in [0.2, 0.25) is 0 Å². The van der Waals surface area contributed by atoms with E-state index >= 15 is 0 Å². The zero-order valence-electron chi connectivity index (χ0n) is 15.8. The van der Waals surface area contributed by atoms with Crippen molar-refractivity contribution >= 4 is 27.6 Å². The Bertz CT molecular complexity index is 1010. The molecule has 3 rings (SSSR count). The summed E-state index contributed by atoms with van der Waals surface area (Å²) in [5, 5.41) is 2.65. The number of halogens is 1. The molecule has 9 heteroatoms. The lowest BCUT2D eigenvalue weighted by molar-refractivity contribution is -0.120. The van der Waals surface area contributed by atoms with Gasteiger partial charge in [0.2, 0.25) is 15.9 Å². The van der Waals surface area contributed by atoms with Crippen LogP contribution in [-0.4, -0.2) is 44.3 Å². The fourth-order valence-corrected chi connectivity index (χ4v) is 4.95. The molecule has 1 N–H and O–H groups in total. The fourth-order valence-electron chi connectivity index (χ4n) is 3.29. The summed E-state index contributed by atoms with van der Waals surface area (Å²) < 4.78 is 45.1. The van der Waals surface area contributed by atoms with Crippen LogP contribution in [0.3, 0.4) is 0 Å². The van der Waals surface area contributed by atoms with Gasteiger partial charge in [-0.1, -0.05) is 18.6 Å². The Morgan fingerprint density at radius 2 is 1.79 bits per heavy atom. The van der Waals surface area contributed by atoms with E-state index in [1.54, 1.807) is 18.2 Å². The highest BCUT2D eigenvalue weighted by molar-refractivity contribution is 7.89. The summed E-state index contributed by atoms with van der Waals surface area (Å²) in [6.45, 7) is 0.177. The third-order valence-electron chi connectivity index (χ3n) is 4.77. The van der Waals surface area contributed by atoms with Gasteiger partial charge in [0.25, 0.3) is 0 Å². The summed E-state index contributed by atoms with van der Waals surface area (Å²) in [6.07, 6.45) is 1.64. The van der Waals surface area contributed by atoms with Crippen LogP contribution in [0.4, 0.5) is 10.1 Å². The lowest BCUT2D eigenvalue weighted by Crippen LogP contribution is -2.49. The Labute approximate surface area is 168 Å². The molecular weight excluding hydrogens is 399 g/mol. The number of carbonyl (C=O) groups excluding carboxylic acids is 2. The first-order valence-electron chi connectivity index (χ1n) is 9.10. The van der Waals surface area contributed by atoms with E-state index in [2.05, 4.69) is 5.32 Å². The highest BCUT2D eigenvalue weighted by atomic mass is 32.2. The number of amides is 1. The largest absolute Gasteiger partial charge is 0.465 e. The Morgan fingerprint density at radius 3 is 2.48 bits per heavy atom. The van der Waals surface area contributed by atoms with Crippen LogP contribution in [0.1, 0.15) is 29.6 Å². The Kier molecular flexibility index (Phi) is 6.29. The minimum absolute atomic E-state index is 0.0754. The second-order valence-corrected chi connectivity index (χ2v) is 8.50. The first kappa shape index (κ1) is 20.9. The molecule has 1 fully saturated rings. The van der Waals surface area contributed by atoms with Gasteiger partial charge in [0.05, 0.1) is 23.3 Å². The molecule has 0 bridgehead atoms. The zero-order valence-corrected chi connectivity index (χ0v) is 16.6. The summed E-state index contributed by atoms with van der Waals surface area (Å²) in [6, 6.07) is 9.90. The third kappa shape index (κ3) is 4.46. The van der Waals surface area contributed by atoms with E-state index in [1.807, 2.05) is 0 Å². The smallest absolute Gasteiger partial charge is 0.339 e. The number of rotatable bonds is 5. The quantitative estimate of drug-likeness (QED) is 0.751. The van der Waals surface area contributed by atoms with E-state index in [4.69, 9.17) is 4.74 Å². The van der Waals surface area contributed by atoms with Crippen LogP contribution < -0.4 is 5.32 Å². The molecule has 1 saturated heterocycles. The number of methoxy groups -OCH3 is 1. The standard InChI is InChI=1S/C20H21FN2O5S/c1-28-20(25)16-6-2-3-7-17(16)22-19(24)18-8-4-5-13-23(18)29(26,27)15-11-9-14(21)10-12-15/h2-3,6-7,9-12,18H,4-5,8,13H2,1H3,(H,22,24)/t18-/m1/s1. The number of piperidine rings is 1. The molecule has 0 unspecified atom stereocenters. The van der Waals surface area contributed by atoms with Crippen molar-refractivity contribution in [2.45, 2.75) is 30.2 Å². The number of para-hydroxylation sites is 1. The highest BCUT2D eigenvalue weighted by Crippen LogP contribution is 2.27. The molecule has 29 heavy (non-hydrogen) atoms. The SMILES string of the molecule is COC(=O)c1ccccc1NC(=O)[C@H]1CCCCN1S(=O)(=O)c1ccc(F)cc1. The minimum Gasteiger partial charge on any atom is -0.465 e. The van der Waals surface area contributed by atoms with Crippen LogP contribution in [0, 0.1) is 5.82 Å². The number of esters is 1. The third-order valence-corrected chi connectivity index (χ3v) is 6.69. The van der Waals surface area contributed by atoms with Crippen molar-refractivity contribution in [3.63, 3.8) is 0 Å². The highest BCUT2D eigenvalue weighted by Gasteiger charge is 2.38. The summed E-state index contributed by atoms with van der Waals surface area (Å²) >= 11 is 0. The molecule has 0 aliphatic carbocycles. The van der Waals surface area contributed by atoms with Crippen LogP contribution >= 0.6 is 0 Å². The molecule has 1 atom stereocenters. The van der Waals surface area contributed by atoms with E-state index in [0.29, 0.717) is 19.3 Å². The molecular formula is C20H21FN2O5S. The first-order chi connectivity index (χ1) is 13.8. The van der Waals surface area contributed by atoms with Gasteiger partial charge in [-0.15, -0.1) is 0 Å². The Balaban J connectivity index is 1.88. The van der Waals surface area contributed by atoms with Gasteiger partial charge in [0, 0.05) is 6.54 Å². The number of carbonyl (C=O) groups is 2. The van der Waals surface area contributed by atoms with E-state index < -0.39 is 33.8 Å². The van der Waals surface area contributed by atoms with Gasteiger partial charge in [-0.3, -0.25) is 4.79 Å². The second kappa shape index (κ2) is 8.71. The predicted molar refractivity (Wildman–Crippen MR) is 104 cm³/mol. The van der Waals surface area contributed by atoms with Crippen molar-refractivity contribution in [2.24, 2.45) is 0 Å². The van der Waals surface area contributed by atoms with Crippen molar-refractivity contribution in [1.29, 1.82) is 0 Å². The maximum Gasteiger partial charge on any atom is 0.339 e. The number of sulfonamides is 1. The van der Waals surface area contributed by atoms with Gasteiger partial charge >= 0.3 is 5.97 Å². The molecule has 154 valence electrons. The van der Waals surface area contributed by atoms with Crippen LogP contribution in [0.5, 0.6) is 0 Å². The van der Waals surface area contributed by atoms with E-state index in [0.717, 1.165) is 16.4 Å². The predicted octanol–water partition coefficient (Wildman–Crippen LogP) is 2.79. The number of anilines is 1. The molecule has 1 aliphatic rings. The van der Waals surface area contributed by atoms with E-state index in [-0.39, 0.29) is 22.7 Å². The molecule has 0 saturated carbocycles. The number of hydrogen-bond donors (Lipinski definition) is 1. The molecule has 1 heterocycles. The van der Waals surface area contributed by atoms with Gasteiger partial charge < -0.3 is 10.1 Å². The maximum absolute atomic E-state index is 13.2. The number of benzene rings is 2. The Morgan fingerprint density at radius 1 is 1.10 bits per heavy atom. The fraction of sp³-hybridized carbons (Fsp3) is 0.300. The first-order valence-corrected chi connectivity index (χ1v) is 10.5. The van der Waals surface area contributed by atoms with Crippen LogP contribution in [0.25, 0.3) is 0 Å². The normalized spacial score (nSPS) is 17.5. The number of nitrogens with zero attached hydrogens (tertiary/aromatic N) is 1. The lowest BCUT2D eigenvalue weighted by atomic mass is 10.0. The number of ether oxygens (including phenoxy) is 1. The molecule has 2 aromatic carbocycles. The molecule has 0 spiro atoms. The van der Waals surface area contributed by atoms with Gasteiger partial charge in [0.1, 0.15) is 11.9 Å². The van der Waals surface area contributed by atoms with Gasteiger partial charge in [-0.05, 0) is 49.2 Å². The molecule has 0 aromatic heterocycles. The van der Waals surface area contributed by atoms with Crippen molar-refractivity contribution < 1.29 is 27.1 Å². The van der Waals surface area contributed by atoms with Crippen molar-refractivity contribution in [3.05, 3.63) is 59.9 Å². The van der Waals surface area contributed by atoms with Gasteiger partial charge in [0.15, 0.2) is 0 Å². The molecule has 0 radical (unpaired) electrons. The average Bonchev–Trinajstić information content (AvgIpc) is 2.74. The molecule has 1 aliphatic heterocycles. The van der Waals surface area contributed by atoms with Crippen LogP contribution in [-0.2, 0) is 19.6 Å². The van der Waals surface area contributed by atoms with E-state index in [9.17, 15) is 22.4 Å². The second-order valence-electron chi connectivity index (χ2n) is 6.61. The average molecular weight is 420 g/mol. The molecule has 7 nitrogen and oxygen atoms in total. The van der Waals surface area contributed by atoms with Crippen molar-refractivity contribution in [2.75, 3.05) is 19.0 Å². The topological polar surface area (TPSA) is 92.8 Å².